The van der Waals surface area contributed by atoms with Gasteiger partial charge < -0.3 is 0 Å². The number of hydrogen-bond acceptors (Lipinski definition) is 1. The van der Waals surface area contributed by atoms with E-state index in [9.17, 15) is 0 Å². The maximum absolute atomic E-state index is 2.45. The molecular weight excluding hydrogens is 339 g/mol. The molecule has 4 rings (SSSR count). The fraction of sp³-hybridized carbons (Fsp3) is 0.0435. The molecule has 2 heteroatoms. The topological polar surface area (TPSA) is 0 Å². The molecule has 0 amide bonds. The molecule has 0 nitrogen and oxygen atoms in total. The number of thiophene rings is 1. The quantitative estimate of drug-likeness (QED) is 0.432. The zero-order chi connectivity index (χ0) is 17.1. The second-order valence-corrected chi connectivity index (χ2v) is 10.6. The van der Waals surface area contributed by atoms with Crippen LogP contribution >= 0.6 is 18.6 Å². The summed E-state index contributed by atoms with van der Waals surface area (Å²) in [4.78, 5) is 1.34. The minimum Gasteiger partial charge on any atom is -0.144 e. The zero-order valence-electron chi connectivity index (χ0n) is 14.2. The molecule has 1 heterocycles. The molecule has 0 aliphatic heterocycles. The van der Waals surface area contributed by atoms with Crippen LogP contribution in [0.2, 0.25) is 0 Å². The molecule has 0 atom stereocenters. The molecule has 0 saturated carbocycles. The predicted octanol–water partition coefficient (Wildman–Crippen LogP) is 5.34. The molecule has 0 saturated heterocycles. The van der Waals surface area contributed by atoms with E-state index >= 15 is 0 Å². The fourth-order valence-corrected chi connectivity index (χ4v) is 7.68. The van der Waals surface area contributed by atoms with Gasteiger partial charge in [-0.25, -0.2) is 0 Å². The molecule has 0 radical (unpaired) electrons. The Hall–Kier alpha value is -2.21. The van der Waals surface area contributed by atoms with Gasteiger partial charge in [-0.05, 0) is 47.8 Å². The van der Waals surface area contributed by atoms with Crippen molar-refractivity contribution in [2.24, 2.45) is 0 Å². The molecule has 0 aliphatic carbocycles. The van der Waals surface area contributed by atoms with Gasteiger partial charge in [0.25, 0.3) is 0 Å². The highest BCUT2D eigenvalue weighted by Crippen LogP contribution is 2.53. The minimum atomic E-state index is -1.70. The van der Waals surface area contributed by atoms with Crippen LogP contribution in [0.25, 0.3) is 10.4 Å². The summed E-state index contributed by atoms with van der Waals surface area (Å²) in [6.07, 6.45) is 0. The molecule has 0 bridgehead atoms. The van der Waals surface area contributed by atoms with Crippen molar-refractivity contribution in [1.82, 2.24) is 0 Å². The minimum absolute atomic E-state index is 1.34. The number of benzene rings is 3. The lowest BCUT2D eigenvalue weighted by molar-refractivity contribution is 1.71. The van der Waals surface area contributed by atoms with Gasteiger partial charge in [0.1, 0.15) is 23.2 Å². The molecule has 3 aromatic carbocycles. The van der Waals surface area contributed by atoms with Crippen molar-refractivity contribution >= 4 is 34.5 Å². The SMILES string of the molecule is C[P+](c1ccccc1)(c1ccccc1)c1ccccc1-c1cccs1. The predicted molar refractivity (Wildman–Crippen MR) is 114 cm³/mol. The average Bonchev–Trinajstić information content (AvgIpc) is 3.23. The van der Waals surface area contributed by atoms with Crippen LogP contribution in [0.5, 0.6) is 0 Å². The van der Waals surface area contributed by atoms with E-state index in [1.807, 2.05) is 11.3 Å². The van der Waals surface area contributed by atoms with Crippen molar-refractivity contribution in [3.05, 3.63) is 102 Å². The van der Waals surface area contributed by atoms with Crippen LogP contribution in [0.4, 0.5) is 0 Å². The lowest BCUT2D eigenvalue weighted by atomic mass is 10.2. The van der Waals surface area contributed by atoms with Crippen LogP contribution in [-0.4, -0.2) is 6.66 Å². The first-order valence-electron chi connectivity index (χ1n) is 8.41. The lowest BCUT2D eigenvalue weighted by Gasteiger charge is -2.25. The summed E-state index contributed by atoms with van der Waals surface area (Å²) >= 11 is 1.81. The van der Waals surface area contributed by atoms with Gasteiger partial charge in [-0.3, -0.25) is 0 Å². The second kappa shape index (κ2) is 6.96. The highest BCUT2D eigenvalue weighted by molar-refractivity contribution is 7.95. The molecular formula is C23H20PS+. The summed E-state index contributed by atoms with van der Waals surface area (Å²) < 4.78 is 0. The molecule has 4 aromatic rings. The van der Waals surface area contributed by atoms with Crippen molar-refractivity contribution in [2.75, 3.05) is 6.66 Å². The molecule has 0 aliphatic rings. The summed E-state index contributed by atoms with van der Waals surface area (Å²) in [5, 5.41) is 6.46. The van der Waals surface area contributed by atoms with Gasteiger partial charge in [0, 0.05) is 10.4 Å². The summed E-state index contributed by atoms with van der Waals surface area (Å²) in [7, 11) is -1.70. The van der Waals surface area contributed by atoms with Crippen LogP contribution in [0, 0.1) is 0 Å². The normalized spacial score (nSPS) is 11.4. The van der Waals surface area contributed by atoms with E-state index < -0.39 is 7.26 Å². The Morgan fingerprint density at radius 3 is 1.72 bits per heavy atom. The van der Waals surface area contributed by atoms with Crippen LogP contribution < -0.4 is 15.9 Å². The highest BCUT2D eigenvalue weighted by Gasteiger charge is 2.41. The molecule has 25 heavy (non-hydrogen) atoms. The van der Waals surface area contributed by atoms with Crippen LogP contribution in [-0.2, 0) is 0 Å². The standard InChI is InChI=1S/C23H20PS/c1-24(19-11-4-2-5-12-19,20-13-6-3-7-14-20)22-16-9-8-15-21(22)23-17-10-18-25-23/h2-18H,1H3/q+1. The van der Waals surface area contributed by atoms with E-state index in [1.165, 1.54) is 26.4 Å². The highest BCUT2D eigenvalue weighted by atomic mass is 32.1. The summed E-state index contributed by atoms with van der Waals surface area (Å²) in [5.41, 5.74) is 1.36. The summed E-state index contributed by atoms with van der Waals surface area (Å²) in [6, 6.07) is 35.2. The fourth-order valence-electron chi connectivity index (χ4n) is 3.38. The van der Waals surface area contributed by atoms with Gasteiger partial charge in [-0.2, -0.15) is 0 Å². The Kier molecular flexibility index (Phi) is 4.53. The third-order valence-electron chi connectivity index (χ3n) is 4.72. The Labute approximate surface area is 154 Å². The second-order valence-electron chi connectivity index (χ2n) is 6.17. The van der Waals surface area contributed by atoms with Crippen molar-refractivity contribution < 1.29 is 0 Å². The van der Waals surface area contributed by atoms with Gasteiger partial charge >= 0.3 is 0 Å². The zero-order valence-corrected chi connectivity index (χ0v) is 15.9. The number of hydrogen-bond donors (Lipinski definition) is 0. The summed E-state index contributed by atoms with van der Waals surface area (Å²) in [6.45, 7) is 2.45. The van der Waals surface area contributed by atoms with E-state index in [0.717, 1.165) is 0 Å². The van der Waals surface area contributed by atoms with E-state index in [-0.39, 0.29) is 0 Å². The van der Waals surface area contributed by atoms with Crippen molar-refractivity contribution in [3.63, 3.8) is 0 Å². The molecule has 0 N–H and O–H groups in total. The van der Waals surface area contributed by atoms with E-state index in [0.29, 0.717) is 0 Å². The molecule has 1 aromatic heterocycles. The maximum Gasteiger partial charge on any atom is 0.113 e. The van der Waals surface area contributed by atoms with E-state index in [2.05, 4.69) is 109 Å². The maximum atomic E-state index is 2.45. The smallest absolute Gasteiger partial charge is 0.113 e. The van der Waals surface area contributed by atoms with Crippen LogP contribution in [0.15, 0.2) is 102 Å². The van der Waals surface area contributed by atoms with E-state index in [1.54, 1.807) is 0 Å². The van der Waals surface area contributed by atoms with Gasteiger partial charge in [0.15, 0.2) is 0 Å². The largest absolute Gasteiger partial charge is 0.144 e. The first-order chi connectivity index (χ1) is 12.3. The average molecular weight is 359 g/mol. The molecule has 0 spiro atoms. The van der Waals surface area contributed by atoms with Crippen LogP contribution in [0.1, 0.15) is 0 Å². The Morgan fingerprint density at radius 1 is 0.600 bits per heavy atom. The van der Waals surface area contributed by atoms with Crippen LogP contribution in [0.3, 0.4) is 0 Å². The van der Waals surface area contributed by atoms with Gasteiger partial charge in [0.05, 0.1) is 6.66 Å². The molecule has 0 unspecified atom stereocenters. The third-order valence-corrected chi connectivity index (χ3v) is 9.64. The lowest BCUT2D eigenvalue weighted by Crippen LogP contribution is -2.31. The van der Waals surface area contributed by atoms with Crippen molar-refractivity contribution in [1.29, 1.82) is 0 Å². The Balaban J connectivity index is 2.01. The third kappa shape index (κ3) is 2.95. The Bertz CT molecular complexity index is 904. The first kappa shape index (κ1) is 16.3. The van der Waals surface area contributed by atoms with Gasteiger partial charge in [-0.15, -0.1) is 11.3 Å². The van der Waals surface area contributed by atoms with Crippen molar-refractivity contribution in [3.8, 4) is 10.4 Å². The van der Waals surface area contributed by atoms with E-state index in [4.69, 9.17) is 0 Å². The molecule has 0 fully saturated rings. The van der Waals surface area contributed by atoms with Gasteiger partial charge in [0.2, 0.25) is 0 Å². The Morgan fingerprint density at radius 2 is 1.16 bits per heavy atom. The first-order valence-corrected chi connectivity index (χ1v) is 11.5. The molecule has 122 valence electrons. The number of rotatable bonds is 4. The van der Waals surface area contributed by atoms with Crippen molar-refractivity contribution in [2.45, 2.75) is 0 Å². The van der Waals surface area contributed by atoms with Gasteiger partial charge in [-0.1, -0.05) is 54.6 Å². The monoisotopic (exact) mass is 359 g/mol. The summed E-state index contributed by atoms with van der Waals surface area (Å²) in [5.74, 6) is 0.